The summed E-state index contributed by atoms with van der Waals surface area (Å²) in [6, 6.07) is 0. The van der Waals surface area contributed by atoms with E-state index in [-0.39, 0.29) is 0 Å². The Labute approximate surface area is 217 Å². The molecule has 0 bridgehead atoms. The summed E-state index contributed by atoms with van der Waals surface area (Å²) in [5.74, 6) is -1.89. The van der Waals surface area contributed by atoms with E-state index in [1.54, 1.807) is 6.92 Å². The molecule has 34 heavy (non-hydrogen) atoms. The van der Waals surface area contributed by atoms with Crippen LogP contribution in [0.25, 0.3) is 0 Å². The second-order valence-corrected chi connectivity index (χ2v) is 9.39. The van der Waals surface area contributed by atoms with Crippen LogP contribution in [-0.2, 0) is 27.6 Å². The van der Waals surface area contributed by atoms with Gasteiger partial charge in [-0.3, -0.25) is 9.59 Å². The second kappa shape index (κ2) is 26.4. The summed E-state index contributed by atoms with van der Waals surface area (Å²) in [6.45, 7) is 9.18. The molecule has 0 aromatic rings. The Morgan fingerprint density at radius 3 is 1.71 bits per heavy atom. The lowest BCUT2D eigenvalue weighted by atomic mass is 10.1. The van der Waals surface area contributed by atoms with Crippen LogP contribution < -0.4 is 0 Å². The highest BCUT2D eigenvalue weighted by Crippen LogP contribution is 2.11. The molecule has 0 aliphatic carbocycles. The predicted molar refractivity (Wildman–Crippen MR) is 141 cm³/mol. The van der Waals surface area contributed by atoms with Crippen LogP contribution in [0.5, 0.6) is 0 Å². The maximum Gasteiger partial charge on any atom is 0.410 e. The van der Waals surface area contributed by atoms with Gasteiger partial charge in [0.25, 0.3) is 0 Å². The molecule has 0 rings (SSSR count). The van der Waals surface area contributed by atoms with E-state index in [9.17, 15) is 14.4 Å². The van der Waals surface area contributed by atoms with Crippen molar-refractivity contribution in [3.8, 4) is 0 Å². The van der Waals surface area contributed by atoms with Crippen LogP contribution in [-0.4, -0.2) is 46.7 Å². The summed E-state index contributed by atoms with van der Waals surface area (Å²) in [4.78, 5) is 34.2. The third-order valence-electron chi connectivity index (χ3n) is 5.27. The van der Waals surface area contributed by atoms with E-state index >= 15 is 0 Å². The Balaban J connectivity index is 0. The van der Waals surface area contributed by atoms with E-state index in [1.807, 2.05) is 13.8 Å². The van der Waals surface area contributed by atoms with Crippen molar-refractivity contribution in [3.05, 3.63) is 12.2 Å². The number of hydrogen-bond donors (Lipinski definition) is 0. The topological polar surface area (TPSA) is 78.9 Å². The number of unbranched alkanes of at least 4 members (excludes halogenated alkanes) is 11. The third kappa shape index (κ3) is 27.1. The lowest BCUT2D eigenvalue weighted by molar-refractivity contribution is -0.173. The van der Waals surface area contributed by atoms with Crippen molar-refractivity contribution in [2.75, 3.05) is 0 Å². The largest absolute Gasteiger partial charge is 0.504 e. The Hall–Kier alpha value is -1.16. The van der Waals surface area contributed by atoms with Gasteiger partial charge in [-0.15, -0.1) is 0 Å². The number of carbonyl (C=O) groups is 3. The highest BCUT2D eigenvalue weighted by atomic mass is 27.1. The van der Waals surface area contributed by atoms with Crippen molar-refractivity contribution in [1.29, 1.82) is 0 Å². The zero-order valence-electron chi connectivity index (χ0n) is 22.9. The molecule has 0 N–H and O–H groups in total. The normalized spacial score (nSPS) is 11.7. The number of esters is 3. The van der Waals surface area contributed by atoms with Crippen molar-refractivity contribution in [1.82, 2.24) is 0 Å². The maximum atomic E-state index is 11.8. The van der Waals surface area contributed by atoms with Gasteiger partial charge in [-0.2, -0.15) is 0 Å². The van der Waals surface area contributed by atoms with E-state index in [0.29, 0.717) is 18.9 Å². The quantitative estimate of drug-likeness (QED) is 0.0674. The highest BCUT2D eigenvalue weighted by Gasteiger charge is 2.23. The SMILES string of the molecule is CC(C)[O][AlH2].CCCCCCCC/C=C\CCCCCCCC(=O)OC(CC)C(=O)OC(C)=O. The lowest BCUT2D eigenvalue weighted by Gasteiger charge is -2.13. The zero-order valence-corrected chi connectivity index (χ0v) is 24.9. The minimum Gasteiger partial charge on any atom is -0.504 e. The number of hydrogen-bond acceptors (Lipinski definition) is 6. The molecular weight excluding hydrogens is 447 g/mol. The fourth-order valence-electron chi connectivity index (χ4n) is 3.06. The summed E-state index contributed by atoms with van der Waals surface area (Å²) in [7, 11) is 0. The average molecular weight is 499 g/mol. The van der Waals surface area contributed by atoms with E-state index in [4.69, 9.17) is 8.53 Å². The molecule has 0 heterocycles. The monoisotopic (exact) mass is 498 g/mol. The third-order valence-corrected chi connectivity index (χ3v) is 6.21. The molecule has 198 valence electrons. The molecule has 7 heteroatoms. The first-order valence-electron chi connectivity index (χ1n) is 13.4. The Kier molecular flexibility index (Phi) is 27.2. The lowest BCUT2D eigenvalue weighted by Crippen LogP contribution is -2.29. The van der Waals surface area contributed by atoms with Gasteiger partial charge in [-0.25, -0.2) is 4.79 Å². The van der Waals surface area contributed by atoms with Crippen LogP contribution in [0.1, 0.15) is 131 Å². The first kappa shape index (κ1) is 35.0. The zero-order chi connectivity index (χ0) is 26.0. The molecule has 0 aliphatic heterocycles. The van der Waals surface area contributed by atoms with Crippen LogP contribution in [0, 0.1) is 0 Å². The molecule has 0 saturated heterocycles. The van der Waals surface area contributed by atoms with Crippen molar-refractivity contribution in [2.24, 2.45) is 0 Å². The van der Waals surface area contributed by atoms with Crippen molar-refractivity contribution < 1.29 is 27.6 Å². The van der Waals surface area contributed by atoms with Crippen molar-refractivity contribution in [2.45, 2.75) is 143 Å². The first-order valence-corrected chi connectivity index (χ1v) is 14.2. The Bertz CT molecular complexity index is 533. The number of rotatable bonds is 19. The van der Waals surface area contributed by atoms with Gasteiger partial charge in [0.2, 0.25) is 0 Å². The first-order chi connectivity index (χ1) is 16.3. The summed E-state index contributed by atoms with van der Waals surface area (Å²) in [5, 5.41) is 0. The van der Waals surface area contributed by atoms with Gasteiger partial charge in [0.1, 0.15) is 0 Å². The smallest absolute Gasteiger partial charge is 0.410 e. The predicted octanol–water partition coefficient (Wildman–Crippen LogP) is 6.39. The Morgan fingerprint density at radius 2 is 1.26 bits per heavy atom. The molecule has 0 spiro atoms. The molecular formula is C27H51AlO6. The van der Waals surface area contributed by atoms with Crippen molar-refractivity contribution >= 4 is 34.5 Å². The van der Waals surface area contributed by atoms with Gasteiger partial charge in [-0.05, 0) is 52.4 Å². The molecule has 1 unspecified atom stereocenters. The van der Waals surface area contributed by atoms with Gasteiger partial charge >= 0.3 is 34.5 Å². The molecule has 0 fully saturated rings. The average Bonchev–Trinajstić information content (AvgIpc) is 2.79. The van der Waals surface area contributed by atoms with Crippen LogP contribution >= 0.6 is 0 Å². The summed E-state index contributed by atoms with van der Waals surface area (Å²) in [6.07, 6.45) is 20.3. The molecule has 1 atom stereocenters. The second-order valence-electron chi connectivity index (χ2n) is 8.92. The van der Waals surface area contributed by atoms with Crippen LogP contribution in [0.15, 0.2) is 12.2 Å². The van der Waals surface area contributed by atoms with Crippen molar-refractivity contribution in [3.63, 3.8) is 0 Å². The standard InChI is InChI=1S/C24H42O5.C3H7O.Al.2H/c1-4-6-7-8-9-10-11-12-13-14-15-16-17-18-19-20-23(26)29-22(5-2)24(27)28-21(3)25;1-3(2)4;;;/h12-13,22H,4-11,14-20H2,1-3H3;3H,1-2H3;;;/q;-1;+1;;/b13-12-;;;;. The van der Waals surface area contributed by atoms with E-state index in [0.717, 1.165) is 49.2 Å². The molecule has 0 amide bonds. The summed E-state index contributed by atoms with van der Waals surface area (Å²) in [5.41, 5.74) is 0. The van der Waals surface area contributed by atoms with Gasteiger partial charge in [0, 0.05) is 19.4 Å². The molecule has 6 nitrogen and oxygen atoms in total. The van der Waals surface area contributed by atoms with Crippen LogP contribution in [0.2, 0.25) is 0 Å². The molecule has 0 aromatic carbocycles. The molecule has 0 aliphatic rings. The molecule has 0 aromatic heterocycles. The van der Waals surface area contributed by atoms with Crippen LogP contribution in [0.3, 0.4) is 0 Å². The summed E-state index contributed by atoms with van der Waals surface area (Å²) < 4.78 is 14.5. The minimum atomic E-state index is -0.991. The van der Waals surface area contributed by atoms with E-state index in [2.05, 4.69) is 23.8 Å². The maximum absolute atomic E-state index is 11.8. The molecule has 0 radical (unpaired) electrons. The van der Waals surface area contributed by atoms with Gasteiger partial charge < -0.3 is 13.3 Å². The number of ether oxygens (including phenoxy) is 2. The fraction of sp³-hybridized carbons (Fsp3) is 0.815. The minimum absolute atomic E-state index is 0.294. The highest BCUT2D eigenvalue weighted by molar-refractivity contribution is 5.98. The Morgan fingerprint density at radius 1 is 0.794 bits per heavy atom. The van der Waals surface area contributed by atoms with E-state index in [1.165, 1.54) is 57.8 Å². The van der Waals surface area contributed by atoms with Gasteiger partial charge in [0.15, 0.2) is 6.10 Å². The van der Waals surface area contributed by atoms with Gasteiger partial charge in [0.05, 0.1) is 0 Å². The van der Waals surface area contributed by atoms with E-state index < -0.39 is 24.0 Å². The van der Waals surface area contributed by atoms with Crippen LogP contribution in [0.4, 0.5) is 0 Å². The number of carbonyl (C=O) groups excluding carboxylic acids is 3. The number of allylic oxidation sites excluding steroid dienone is 2. The molecule has 0 saturated carbocycles. The van der Waals surface area contributed by atoms with Gasteiger partial charge in [-0.1, -0.05) is 77.4 Å². The summed E-state index contributed by atoms with van der Waals surface area (Å²) >= 11 is 0.873. The fourth-order valence-corrected chi connectivity index (χ4v) is 3.06.